The second-order valence-corrected chi connectivity index (χ2v) is 7.06. The lowest BCUT2D eigenvalue weighted by Gasteiger charge is -2.54. The minimum atomic E-state index is -0.780. The molecule has 1 atom stereocenters. The number of hydrogen-bond acceptors (Lipinski definition) is 2. The standard InChI is InChI=1S/C16H27NO/c1-14(2)9-7-8-12-16(14,18)15(13-17)10-5-3-4-6-11-15/h18H,3-12H2,1-2H3. The van der Waals surface area contributed by atoms with Crippen LogP contribution in [0.4, 0.5) is 0 Å². The summed E-state index contributed by atoms with van der Waals surface area (Å²) in [6.45, 7) is 4.33. The molecule has 0 saturated heterocycles. The van der Waals surface area contributed by atoms with Gasteiger partial charge in [0.1, 0.15) is 0 Å². The molecule has 102 valence electrons. The molecule has 0 spiro atoms. The maximum atomic E-state index is 11.4. The van der Waals surface area contributed by atoms with Crippen LogP contribution in [-0.4, -0.2) is 10.7 Å². The fourth-order valence-electron chi connectivity index (χ4n) is 4.33. The first-order valence-electron chi connectivity index (χ1n) is 7.61. The van der Waals surface area contributed by atoms with E-state index in [0.29, 0.717) is 0 Å². The molecular formula is C16H27NO. The third kappa shape index (κ3) is 1.97. The van der Waals surface area contributed by atoms with E-state index < -0.39 is 11.0 Å². The van der Waals surface area contributed by atoms with Crippen LogP contribution in [0.3, 0.4) is 0 Å². The SMILES string of the molecule is CC1(C)CCCCC1(O)C1(C#N)CCCCCC1. The molecule has 0 aromatic heterocycles. The van der Waals surface area contributed by atoms with Crippen LogP contribution in [0.2, 0.25) is 0 Å². The summed E-state index contributed by atoms with van der Waals surface area (Å²) in [7, 11) is 0. The Morgan fingerprint density at radius 2 is 1.33 bits per heavy atom. The van der Waals surface area contributed by atoms with Crippen LogP contribution in [0.1, 0.15) is 78.1 Å². The molecular weight excluding hydrogens is 222 g/mol. The van der Waals surface area contributed by atoms with E-state index in [9.17, 15) is 10.4 Å². The number of rotatable bonds is 1. The summed E-state index contributed by atoms with van der Waals surface area (Å²) < 4.78 is 0. The van der Waals surface area contributed by atoms with Gasteiger partial charge < -0.3 is 5.11 Å². The summed E-state index contributed by atoms with van der Waals surface area (Å²) in [4.78, 5) is 0. The van der Waals surface area contributed by atoms with Crippen LogP contribution in [0, 0.1) is 22.2 Å². The third-order valence-electron chi connectivity index (χ3n) is 5.67. The highest BCUT2D eigenvalue weighted by atomic mass is 16.3. The van der Waals surface area contributed by atoms with Crippen LogP contribution in [0.5, 0.6) is 0 Å². The minimum Gasteiger partial charge on any atom is -0.388 e. The van der Waals surface area contributed by atoms with E-state index in [1.54, 1.807) is 0 Å². The molecule has 0 aromatic carbocycles. The summed E-state index contributed by atoms with van der Waals surface area (Å²) in [5.74, 6) is 0. The molecule has 1 unspecified atom stereocenters. The first-order chi connectivity index (χ1) is 8.47. The Labute approximate surface area is 111 Å². The van der Waals surface area contributed by atoms with Gasteiger partial charge in [-0.2, -0.15) is 5.26 Å². The summed E-state index contributed by atoms with van der Waals surface area (Å²) in [5, 5.41) is 21.2. The third-order valence-corrected chi connectivity index (χ3v) is 5.67. The fraction of sp³-hybridized carbons (Fsp3) is 0.938. The predicted molar refractivity (Wildman–Crippen MR) is 72.9 cm³/mol. The summed E-state index contributed by atoms with van der Waals surface area (Å²) >= 11 is 0. The van der Waals surface area contributed by atoms with E-state index in [2.05, 4.69) is 19.9 Å². The van der Waals surface area contributed by atoms with Gasteiger partial charge in [0.25, 0.3) is 0 Å². The molecule has 2 nitrogen and oxygen atoms in total. The molecule has 0 radical (unpaired) electrons. The Balaban J connectivity index is 2.37. The maximum Gasteiger partial charge on any atom is 0.0883 e. The predicted octanol–water partition coefficient (Wildman–Crippen LogP) is 4.18. The molecule has 0 aliphatic heterocycles. The Morgan fingerprint density at radius 1 is 0.833 bits per heavy atom. The molecule has 2 saturated carbocycles. The van der Waals surface area contributed by atoms with Gasteiger partial charge in [-0.15, -0.1) is 0 Å². The number of hydrogen-bond donors (Lipinski definition) is 1. The smallest absolute Gasteiger partial charge is 0.0883 e. The molecule has 0 aromatic rings. The van der Waals surface area contributed by atoms with Crippen molar-refractivity contribution in [1.29, 1.82) is 5.26 Å². The van der Waals surface area contributed by atoms with Crippen molar-refractivity contribution < 1.29 is 5.11 Å². The molecule has 2 aliphatic rings. The molecule has 2 aliphatic carbocycles. The van der Waals surface area contributed by atoms with Crippen molar-refractivity contribution in [2.24, 2.45) is 10.8 Å². The van der Waals surface area contributed by atoms with E-state index in [4.69, 9.17) is 0 Å². The van der Waals surface area contributed by atoms with Crippen LogP contribution in [0.25, 0.3) is 0 Å². The Bertz CT molecular complexity index is 333. The molecule has 0 bridgehead atoms. The largest absolute Gasteiger partial charge is 0.388 e. The van der Waals surface area contributed by atoms with Crippen molar-refractivity contribution in [1.82, 2.24) is 0 Å². The van der Waals surface area contributed by atoms with E-state index in [-0.39, 0.29) is 5.41 Å². The highest BCUT2D eigenvalue weighted by molar-refractivity contribution is 5.17. The van der Waals surface area contributed by atoms with Crippen molar-refractivity contribution in [3.63, 3.8) is 0 Å². The van der Waals surface area contributed by atoms with Crippen molar-refractivity contribution in [2.75, 3.05) is 0 Å². The van der Waals surface area contributed by atoms with Crippen LogP contribution in [-0.2, 0) is 0 Å². The Hall–Kier alpha value is -0.550. The van der Waals surface area contributed by atoms with Crippen molar-refractivity contribution in [2.45, 2.75) is 83.7 Å². The van der Waals surface area contributed by atoms with Crippen molar-refractivity contribution >= 4 is 0 Å². The minimum absolute atomic E-state index is 0.120. The monoisotopic (exact) mass is 249 g/mol. The molecule has 2 rings (SSSR count). The highest BCUT2D eigenvalue weighted by Crippen LogP contribution is 2.57. The molecule has 1 N–H and O–H groups in total. The molecule has 0 heterocycles. The van der Waals surface area contributed by atoms with Gasteiger partial charge in [-0.25, -0.2) is 0 Å². The van der Waals surface area contributed by atoms with E-state index in [1.807, 2.05) is 0 Å². The lowest BCUT2D eigenvalue weighted by molar-refractivity contribution is -0.168. The number of aliphatic hydroxyl groups is 1. The van der Waals surface area contributed by atoms with Gasteiger partial charge in [0, 0.05) is 0 Å². The quantitative estimate of drug-likeness (QED) is 0.708. The second-order valence-electron chi connectivity index (χ2n) is 7.06. The van der Waals surface area contributed by atoms with Crippen LogP contribution >= 0.6 is 0 Å². The van der Waals surface area contributed by atoms with Crippen molar-refractivity contribution in [3.05, 3.63) is 0 Å². The average Bonchev–Trinajstić information content (AvgIpc) is 2.59. The van der Waals surface area contributed by atoms with Gasteiger partial charge in [0.15, 0.2) is 0 Å². The lowest BCUT2D eigenvalue weighted by atomic mass is 9.52. The molecule has 18 heavy (non-hydrogen) atoms. The van der Waals surface area contributed by atoms with E-state index >= 15 is 0 Å². The molecule has 0 amide bonds. The van der Waals surface area contributed by atoms with Gasteiger partial charge in [-0.3, -0.25) is 0 Å². The molecule has 2 fully saturated rings. The van der Waals surface area contributed by atoms with Gasteiger partial charge >= 0.3 is 0 Å². The summed E-state index contributed by atoms with van der Waals surface area (Å²) in [6.07, 6.45) is 10.6. The second kappa shape index (κ2) is 4.85. The first-order valence-corrected chi connectivity index (χ1v) is 7.61. The lowest BCUT2D eigenvalue weighted by Crippen LogP contribution is -2.58. The van der Waals surface area contributed by atoms with Gasteiger partial charge in [-0.05, 0) is 31.1 Å². The summed E-state index contributed by atoms with van der Waals surface area (Å²) in [5.41, 5.74) is -1.39. The van der Waals surface area contributed by atoms with Crippen molar-refractivity contribution in [3.8, 4) is 6.07 Å². The van der Waals surface area contributed by atoms with Gasteiger partial charge in [-0.1, -0.05) is 52.4 Å². The number of nitrogens with zero attached hydrogens (tertiary/aromatic N) is 1. The average molecular weight is 249 g/mol. The van der Waals surface area contributed by atoms with E-state index in [0.717, 1.165) is 44.9 Å². The zero-order chi connectivity index (χ0) is 13.3. The van der Waals surface area contributed by atoms with Crippen LogP contribution in [0.15, 0.2) is 0 Å². The zero-order valence-corrected chi connectivity index (χ0v) is 12.0. The van der Waals surface area contributed by atoms with E-state index in [1.165, 1.54) is 19.3 Å². The normalized spacial score (nSPS) is 35.4. The van der Waals surface area contributed by atoms with Gasteiger partial charge in [0.05, 0.1) is 17.1 Å². The zero-order valence-electron chi connectivity index (χ0n) is 12.0. The topological polar surface area (TPSA) is 44.0 Å². The maximum absolute atomic E-state index is 11.4. The van der Waals surface area contributed by atoms with Crippen LogP contribution < -0.4 is 0 Å². The fourth-order valence-corrected chi connectivity index (χ4v) is 4.33. The summed E-state index contributed by atoms with van der Waals surface area (Å²) in [6, 6.07) is 2.57. The van der Waals surface area contributed by atoms with Gasteiger partial charge in [0.2, 0.25) is 0 Å². The molecule has 2 heteroatoms. The highest BCUT2D eigenvalue weighted by Gasteiger charge is 2.58. The Morgan fingerprint density at radius 3 is 1.83 bits per heavy atom. The Kier molecular flexibility index (Phi) is 3.74. The first kappa shape index (κ1) is 13.9. The number of nitriles is 1.